The summed E-state index contributed by atoms with van der Waals surface area (Å²) < 4.78 is 0. The second-order valence-electron chi connectivity index (χ2n) is 5.13. The zero-order valence-electron chi connectivity index (χ0n) is 10.8. The molecule has 1 aliphatic carbocycles. The van der Waals surface area contributed by atoms with Crippen LogP contribution in [-0.2, 0) is 0 Å². The molecular formula is C14H18N4. The summed E-state index contributed by atoms with van der Waals surface area (Å²) in [6.07, 6.45) is 2.42. The molecule has 0 radical (unpaired) electrons. The third-order valence-corrected chi connectivity index (χ3v) is 3.36. The second-order valence-corrected chi connectivity index (χ2v) is 5.13. The Morgan fingerprint density at radius 2 is 2.00 bits per heavy atom. The fraction of sp³-hybridized carbons (Fsp3) is 0.429. The number of anilines is 2. The van der Waals surface area contributed by atoms with Gasteiger partial charge in [0.15, 0.2) is 0 Å². The van der Waals surface area contributed by atoms with Crippen molar-refractivity contribution in [3.8, 4) is 0 Å². The van der Waals surface area contributed by atoms with Crippen LogP contribution in [0.1, 0.15) is 26.7 Å². The Morgan fingerprint density at radius 1 is 1.22 bits per heavy atom. The van der Waals surface area contributed by atoms with Gasteiger partial charge >= 0.3 is 0 Å². The number of para-hydroxylation sites is 1. The van der Waals surface area contributed by atoms with E-state index in [1.54, 1.807) is 0 Å². The Morgan fingerprint density at radius 3 is 2.72 bits per heavy atom. The van der Waals surface area contributed by atoms with Crippen LogP contribution in [0.15, 0.2) is 24.3 Å². The number of fused-ring (bicyclic) bond motifs is 1. The molecule has 1 saturated carbocycles. The first-order valence-corrected chi connectivity index (χ1v) is 6.49. The minimum absolute atomic E-state index is 0.223. The number of nitrogens with zero attached hydrogens (tertiary/aromatic N) is 2. The average molecular weight is 242 g/mol. The van der Waals surface area contributed by atoms with Crippen molar-refractivity contribution in [2.24, 2.45) is 0 Å². The van der Waals surface area contributed by atoms with Crippen molar-refractivity contribution in [1.29, 1.82) is 0 Å². The highest BCUT2D eigenvalue weighted by Gasteiger charge is 2.37. The topological polar surface area (TPSA) is 49.8 Å². The fourth-order valence-corrected chi connectivity index (χ4v) is 2.01. The molecule has 1 heterocycles. The van der Waals surface area contributed by atoms with E-state index >= 15 is 0 Å². The Bertz CT molecular complexity index is 575. The minimum Gasteiger partial charge on any atom is -0.364 e. The summed E-state index contributed by atoms with van der Waals surface area (Å²) in [6.45, 7) is 5.11. The Labute approximate surface area is 107 Å². The first-order valence-electron chi connectivity index (χ1n) is 6.49. The third-order valence-electron chi connectivity index (χ3n) is 3.36. The molecule has 2 aromatic rings. The van der Waals surface area contributed by atoms with Crippen LogP contribution in [0.3, 0.4) is 0 Å². The van der Waals surface area contributed by atoms with Crippen molar-refractivity contribution in [3.05, 3.63) is 24.3 Å². The van der Waals surface area contributed by atoms with Crippen molar-refractivity contribution in [3.63, 3.8) is 0 Å². The molecule has 0 saturated heterocycles. The van der Waals surface area contributed by atoms with Gasteiger partial charge in [-0.3, -0.25) is 0 Å². The maximum atomic E-state index is 4.58. The second kappa shape index (κ2) is 4.12. The van der Waals surface area contributed by atoms with Crippen molar-refractivity contribution >= 4 is 22.7 Å². The van der Waals surface area contributed by atoms with E-state index in [0.29, 0.717) is 5.95 Å². The molecule has 0 bridgehead atoms. The van der Waals surface area contributed by atoms with Crippen LogP contribution in [0.25, 0.3) is 10.9 Å². The molecule has 18 heavy (non-hydrogen) atoms. The lowest BCUT2D eigenvalue weighted by molar-refractivity contribution is 0.822. The molecule has 0 unspecified atom stereocenters. The van der Waals surface area contributed by atoms with E-state index in [1.807, 2.05) is 25.1 Å². The van der Waals surface area contributed by atoms with Gasteiger partial charge in [0.2, 0.25) is 5.95 Å². The number of benzene rings is 1. The quantitative estimate of drug-likeness (QED) is 0.865. The van der Waals surface area contributed by atoms with Crippen LogP contribution in [0.5, 0.6) is 0 Å². The summed E-state index contributed by atoms with van der Waals surface area (Å²) in [4.78, 5) is 9.10. The zero-order valence-corrected chi connectivity index (χ0v) is 10.8. The lowest BCUT2D eigenvalue weighted by Gasteiger charge is -2.15. The molecule has 1 aromatic carbocycles. The molecule has 0 atom stereocenters. The van der Waals surface area contributed by atoms with Crippen molar-refractivity contribution in [1.82, 2.24) is 9.97 Å². The molecule has 3 rings (SSSR count). The number of hydrogen-bond acceptors (Lipinski definition) is 4. The zero-order chi connectivity index (χ0) is 12.6. The normalized spacial score (nSPS) is 16.6. The molecule has 1 fully saturated rings. The highest BCUT2D eigenvalue weighted by Crippen LogP contribution is 2.39. The molecule has 0 aliphatic heterocycles. The third kappa shape index (κ3) is 2.10. The Balaban J connectivity index is 2.07. The van der Waals surface area contributed by atoms with E-state index in [2.05, 4.69) is 33.6 Å². The summed E-state index contributed by atoms with van der Waals surface area (Å²) >= 11 is 0. The van der Waals surface area contributed by atoms with Gasteiger partial charge in [-0.1, -0.05) is 12.1 Å². The summed E-state index contributed by atoms with van der Waals surface area (Å²) in [6, 6.07) is 8.13. The van der Waals surface area contributed by atoms with Gasteiger partial charge < -0.3 is 10.6 Å². The standard InChI is InChI=1S/C14H18N4/c1-3-15-13-16-11-7-5-4-6-10(11)12(17-13)18-14(2)8-9-14/h4-7H,3,8-9H2,1-2H3,(H2,15,16,17,18). The van der Waals surface area contributed by atoms with Gasteiger partial charge in [0.1, 0.15) is 5.82 Å². The summed E-state index contributed by atoms with van der Waals surface area (Å²) in [5.41, 5.74) is 1.20. The smallest absolute Gasteiger partial charge is 0.225 e. The van der Waals surface area contributed by atoms with Gasteiger partial charge in [-0.25, -0.2) is 4.98 Å². The van der Waals surface area contributed by atoms with E-state index in [1.165, 1.54) is 12.8 Å². The number of nitrogens with one attached hydrogen (secondary N) is 2. The lowest BCUT2D eigenvalue weighted by Crippen LogP contribution is -2.18. The van der Waals surface area contributed by atoms with Crippen molar-refractivity contribution in [2.45, 2.75) is 32.2 Å². The highest BCUT2D eigenvalue weighted by molar-refractivity contribution is 5.90. The predicted octanol–water partition coefficient (Wildman–Crippen LogP) is 3.03. The van der Waals surface area contributed by atoms with Gasteiger partial charge in [-0.15, -0.1) is 0 Å². The first kappa shape index (κ1) is 11.3. The van der Waals surface area contributed by atoms with Gasteiger partial charge in [0.05, 0.1) is 5.52 Å². The van der Waals surface area contributed by atoms with E-state index in [9.17, 15) is 0 Å². The molecule has 1 aromatic heterocycles. The molecule has 94 valence electrons. The van der Waals surface area contributed by atoms with E-state index < -0.39 is 0 Å². The van der Waals surface area contributed by atoms with Crippen LogP contribution >= 0.6 is 0 Å². The molecule has 4 heteroatoms. The van der Waals surface area contributed by atoms with Crippen LogP contribution in [0, 0.1) is 0 Å². The van der Waals surface area contributed by atoms with Gasteiger partial charge in [-0.2, -0.15) is 4.98 Å². The van der Waals surface area contributed by atoms with Crippen LogP contribution in [0.4, 0.5) is 11.8 Å². The maximum absolute atomic E-state index is 4.58. The van der Waals surface area contributed by atoms with E-state index in [-0.39, 0.29) is 5.54 Å². The SMILES string of the molecule is CCNc1nc(NC2(C)CC2)c2ccccc2n1. The molecule has 1 aliphatic rings. The minimum atomic E-state index is 0.223. The number of rotatable bonds is 4. The van der Waals surface area contributed by atoms with Gasteiger partial charge in [0, 0.05) is 17.5 Å². The summed E-state index contributed by atoms with van der Waals surface area (Å²) in [5.74, 6) is 1.64. The van der Waals surface area contributed by atoms with Crippen molar-refractivity contribution in [2.75, 3.05) is 17.2 Å². The van der Waals surface area contributed by atoms with Gasteiger partial charge in [-0.05, 0) is 38.8 Å². The molecule has 4 nitrogen and oxygen atoms in total. The lowest BCUT2D eigenvalue weighted by atomic mass is 10.2. The molecular weight excluding hydrogens is 224 g/mol. The average Bonchev–Trinajstić information content (AvgIpc) is 3.07. The summed E-state index contributed by atoms with van der Waals surface area (Å²) in [7, 11) is 0. The highest BCUT2D eigenvalue weighted by atomic mass is 15.2. The first-order chi connectivity index (χ1) is 8.70. The molecule has 0 amide bonds. The van der Waals surface area contributed by atoms with Crippen LogP contribution in [-0.4, -0.2) is 22.1 Å². The van der Waals surface area contributed by atoms with E-state index in [0.717, 1.165) is 23.3 Å². The number of hydrogen-bond donors (Lipinski definition) is 2. The monoisotopic (exact) mass is 242 g/mol. The Kier molecular flexibility index (Phi) is 2.58. The number of aromatic nitrogens is 2. The largest absolute Gasteiger partial charge is 0.364 e. The van der Waals surface area contributed by atoms with Crippen molar-refractivity contribution < 1.29 is 0 Å². The maximum Gasteiger partial charge on any atom is 0.225 e. The molecule has 0 spiro atoms. The predicted molar refractivity (Wildman–Crippen MR) is 75.0 cm³/mol. The molecule has 2 N–H and O–H groups in total. The fourth-order valence-electron chi connectivity index (χ4n) is 2.01. The van der Waals surface area contributed by atoms with Crippen LogP contribution in [0.2, 0.25) is 0 Å². The summed E-state index contributed by atoms with van der Waals surface area (Å²) in [5, 5.41) is 7.82. The van der Waals surface area contributed by atoms with E-state index in [4.69, 9.17) is 0 Å². The Hall–Kier alpha value is -1.84. The van der Waals surface area contributed by atoms with Gasteiger partial charge in [0.25, 0.3) is 0 Å². The van der Waals surface area contributed by atoms with Crippen LogP contribution < -0.4 is 10.6 Å².